The number of nitrogens with one attached hydrogen (secondary N) is 1. The first kappa shape index (κ1) is 16.3. The van der Waals surface area contributed by atoms with Crippen molar-refractivity contribution in [2.75, 3.05) is 45.8 Å². The van der Waals surface area contributed by atoms with Crippen LogP contribution in [0.25, 0.3) is 0 Å². The second-order valence-electron chi connectivity index (χ2n) is 7.60. The van der Waals surface area contributed by atoms with E-state index in [9.17, 15) is 4.79 Å². The van der Waals surface area contributed by atoms with Crippen molar-refractivity contribution in [1.29, 1.82) is 0 Å². The molecule has 22 heavy (non-hydrogen) atoms. The van der Waals surface area contributed by atoms with Gasteiger partial charge in [-0.25, -0.2) is 0 Å². The fraction of sp³-hybridized carbons (Fsp3) is 0.944. The van der Waals surface area contributed by atoms with Crippen molar-refractivity contribution in [3.63, 3.8) is 0 Å². The number of hydrogen-bond donors (Lipinski definition) is 1. The Morgan fingerprint density at radius 2 is 1.73 bits per heavy atom. The van der Waals surface area contributed by atoms with Crippen LogP contribution in [0.15, 0.2) is 0 Å². The van der Waals surface area contributed by atoms with E-state index in [0.717, 1.165) is 38.4 Å². The quantitative estimate of drug-likeness (QED) is 0.864. The SMILES string of the molecule is O=C(CC1CCCC1)N1CCCN(CC2CCCNC2)CC1. The number of nitrogens with zero attached hydrogens (tertiary/aromatic N) is 2. The number of rotatable bonds is 4. The van der Waals surface area contributed by atoms with Crippen molar-refractivity contribution in [1.82, 2.24) is 15.1 Å². The van der Waals surface area contributed by atoms with Crippen molar-refractivity contribution >= 4 is 5.91 Å². The fourth-order valence-electron chi connectivity index (χ4n) is 4.44. The van der Waals surface area contributed by atoms with E-state index in [1.807, 2.05) is 0 Å². The molecule has 1 amide bonds. The van der Waals surface area contributed by atoms with Gasteiger partial charge in [-0.05, 0) is 63.6 Å². The Kier molecular flexibility index (Phi) is 6.13. The van der Waals surface area contributed by atoms with Gasteiger partial charge in [0, 0.05) is 32.6 Å². The molecule has 1 atom stereocenters. The van der Waals surface area contributed by atoms with E-state index < -0.39 is 0 Å². The van der Waals surface area contributed by atoms with E-state index in [1.165, 1.54) is 64.7 Å². The molecule has 0 aromatic carbocycles. The number of amides is 1. The summed E-state index contributed by atoms with van der Waals surface area (Å²) in [6, 6.07) is 0. The third-order valence-corrected chi connectivity index (χ3v) is 5.79. The van der Waals surface area contributed by atoms with Gasteiger partial charge in [-0.15, -0.1) is 0 Å². The first-order valence-electron chi connectivity index (χ1n) is 9.52. The molecular weight excluding hydrogens is 274 g/mol. The second-order valence-corrected chi connectivity index (χ2v) is 7.60. The van der Waals surface area contributed by atoms with E-state index >= 15 is 0 Å². The molecule has 3 aliphatic rings. The predicted molar refractivity (Wildman–Crippen MR) is 89.8 cm³/mol. The highest BCUT2D eigenvalue weighted by Gasteiger charge is 2.25. The molecule has 4 nitrogen and oxygen atoms in total. The lowest BCUT2D eigenvalue weighted by Crippen LogP contribution is -2.40. The molecular formula is C18H33N3O. The summed E-state index contributed by atoms with van der Waals surface area (Å²) in [5, 5.41) is 3.52. The van der Waals surface area contributed by atoms with Gasteiger partial charge in [0.15, 0.2) is 0 Å². The van der Waals surface area contributed by atoms with Gasteiger partial charge in [0.1, 0.15) is 0 Å². The lowest BCUT2D eigenvalue weighted by molar-refractivity contribution is -0.132. The monoisotopic (exact) mass is 307 g/mol. The van der Waals surface area contributed by atoms with Crippen molar-refractivity contribution in [2.24, 2.45) is 11.8 Å². The van der Waals surface area contributed by atoms with Crippen LogP contribution >= 0.6 is 0 Å². The topological polar surface area (TPSA) is 35.6 Å². The molecule has 1 N–H and O–H groups in total. The zero-order chi connectivity index (χ0) is 15.2. The third-order valence-electron chi connectivity index (χ3n) is 5.79. The first-order chi connectivity index (χ1) is 10.8. The van der Waals surface area contributed by atoms with Gasteiger partial charge in [0.25, 0.3) is 0 Å². The molecule has 3 rings (SSSR count). The van der Waals surface area contributed by atoms with Crippen LogP contribution in [0.2, 0.25) is 0 Å². The number of hydrogen-bond acceptors (Lipinski definition) is 3. The molecule has 3 fully saturated rings. The zero-order valence-corrected chi connectivity index (χ0v) is 14.1. The molecule has 4 heteroatoms. The van der Waals surface area contributed by atoms with E-state index in [1.54, 1.807) is 0 Å². The summed E-state index contributed by atoms with van der Waals surface area (Å²) in [6.45, 7) is 7.77. The molecule has 126 valence electrons. The van der Waals surface area contributed by atoms with E-state index in [0.29, 0.717) is 11.8 Å². The summed E-state index contributed by atoms with van der Waals surface area (Å²) in [6.07, 6.45) is 9.88. The summed E-state index contributed by atoms with van der Waals surface area (Å²) in [5.74, 6) is 1.92. The molecule has 2 saturated heterocycles. The van der Waals surface area contributed by atoms with Gasteiger partial charge < -0.3 is 15.1 Å². The molecule has 2 aliphatic heterocycles. The fourth-order valence-corrected chi connectivity index (χ4v) is 4.44. The Hall–Kier alpha value is -0.610. The lowest BCUT2D eigenvalue weighted by atomic mass is 9.99. The van der Waals surface area contributed by atoms with Gasteiger partial charge in [-0.3, -0.25) is 4.79 Å². The van der Waals surface area contributed by atoms with Crippen LogP contribution in [0.3, 0.4) is 0 Å². The second kappa shape index (κ2) is 8.30. The number of piperidine rings is 1. The smallest absolute Gasteiger partial charge is 0.222 e. The zero-order valence-electron chi connectivity index (χ0n) is 14.1. The molecule has 0 bridgehead atoms. The normalized spacial score (nSPS) is 28.7. The van der Waals surface area contributed by atoms with Crippen LogP contribution in [0.5, 0.6) is 0 Å². The molecule has 2 heterocycles. The summed E-state index contributed by atoms with van der Waals surface area (Å²) in [7, 11) is 0. The van der Waals surface area contributed by atoms with Crippen LogP contribution in [0.1, 0.15) is 51.4 Å². The summed E-state index contributed by atoms with van der Waals surface area (Å²) in [5.41, 5.74) is 0. The highest BCUT2D eigenvalue weighted by molar-refractivity contribution is 5.76. The Labute approximate surface area is 135 Å². The number of carbonyl (C=O) groups excluding carboxylic acids is 1. The largest absolute Gasteiger partial charge is 0.341 e. The minimum Gasteiger partial charge on any atom is -0.341 e. The summed E-state index contributed by atoms with van der Waals surface area (Å²) >= 11 is 0. The number of carbonyl (C=O) groups is 1. The van der Waals surface area contributed by atoms with Crippen molar-refractivity contribution in [3.05, 3.63) is 0 Å². The Bertz CT molecular complexity index is 348. The maximum Gasteiger partial charge on any atom is 0.222 e. The van der Waals surface area contributed by atoms with E-state index in [2.05, 4.69) is 15.1 Å². The van der Waals surface area contributed by atoms with Crippen LogP contribution in [-0.2, 0) is 4.79 Å². The first-order valence-corrected chi connectivity index (χ1v) is 9.52. The van der Waals surface area contributed by atoms with E-state index in [-0.39, 0.29) is 0 Å². The molecule has 1 unspecified atom stereocenters. The van der Waals surface area contributed by atoms with Gasteiger partial charge >= 0.3 is 0 Å². The Morgan fingerprint density at radius 3 is 2.50 bits per heavy atom. The molecule has 0 aromatic heterocycles. The van der Waals surface area contributed by atoms with Crippen LogP contribution in [0.4, 0.5) is 0 Å². The molecule has 0 spiro atoms. The Morgan fingerprint density at radius 1 is 0.909 bits per heavy atom. The maximum absolute atomic E-state index is 12.5. The van der Waals surface area contributed by atoms with Crippen LogP contribution in [0, 0.1) is 11.8 Å². The average Bonchev–Trinajstić information content (AvgIpc) is 2.93. The third kappa shape index (κ3) is 4.69. The Balaban J connectivity index is 1.41. The lowest BCUT2D eigenvalue weighted by Gasteiger charge is -2.29. The van der Waals surface area contributed by atoms with Gasteiger partial charge in [0.05, 0.1) is 0 Å². The van der Waals surface area contributed by atoms with Crippen LogP contribution < -0.4 is 5.32 Å². The summed E-state index contributed by atoms with van der Waals surface area (Å²) in [4.78, 5) is 17.2. The van der Waals surface area contributed by atoms with Gasteiger partial charge in [-0.2, -0.15) is 0 Å². The minimum absolute atomic E-state index is 0.424. The highest BCUT2D eigenvalue weighted by atomic mass is 16.2. The standard InChI is InChI=1S/C18H33N3O/c22-18(13-16-5-1-2-6-16)21-10-4-9-20(11-12-21)15-17-7-3-8-19-14-17/h16-17,19H,1-15H2. The highest BCUT2D eigenvalue weighted by Crippen LogP contribution is 2.28. The maximum atomic E-state index is 12.5. The van der Waals surface area contributed by atoms with Crippen molar-refractivity contribution < 1.29 is 4.79 Å². The van der Waals surface area contributed by atoms with Crippen molar-refractivity contribution in [2.45, 2.75) is 51.4 Å². The van der Waals surface area contributed by atoms with Gasteiger partial charge in [-0.1, -0.05) is 12.8 Å². The molecule has 0 radical (unpaired) electrons. The van der Waals surface area contributed by atoms with Crippen LogP contribution in [-0.4, -0.2) is 61.5 Å². The minimum atomic E-state index is 0.424. The van der Waals surface area contributed by atoms with Crippen molar-refractivity contribution in [3.8, 4) is 0 Å². The molecule has 1 saturated carbocycles. The summed E-state index contributed by atoms with van der Waals surface area (Å²) < 4.78 is 0. The van der Waals surface area contributed by atoms with E-state index in [4.69, 9.17) is 0 Å². The average molecular weight is 307 g/mol. The predicted octanol–water partition coefficient (Wildman–Crippen LogP) is 2.10. The van der Waals surface area contributed by atoms with Gasteiger partial charge in [0.2, 0.25) is 5.91 Å². The molecule has 0 aromatic rings. The molecule has 1 aliphatic carbocycles.